The van der Waals surface area contributed by atoms with Gasteiger partial charge in [0.15, 0.2) is 0 Å². The van der Waals surface area contributed by atoms with Gasteiger partial charge >= 0.3 is 0 Å². The zero-order chi connectivity index (χ0) is 16.1. The first-order valence-electron chi connectivity index (χ1n) is 7.48. The van der Waals surface area contributed by atoms with E-state index in [2.05, 4.69) is 0 Å². The summed E-state index contributed by atoms with van der Waals surface area (Å²) in [7, 11) is 0. The van der Waals surface area contributed by atoms with Crippen LogP contribution < -0.4 is 11.5 Å². The Morgan fingerprint density at radius 3 is 1.55 bits per heavy atom. The fourth-order valence-corrected chi connectivity index (χ4v) is 1.84. The normalized spacial score (nSPS) is 18.4. The molecule has 0 aromatic heterocycles. The fourth-order valence-electron chi connectivity index (χ4n) is 1.84. The molecule has 6 nitrogen and oxygen atoms in total. The third-order valence-corrected chi connectivity index (χ3v) is 3.57. The van der Waals surface area contributed by atoms with E-state index in [9.17, 15) is 0 Å². The van der Waals surface area contributed by atoms with Crippen LogP contribution in [0.1, 0.15) is 46.5 Å². The lowest BCUT2D eigenvalue weighted by Crippen LogP contribution is -2.44. The quantitative estimate of drug-likeness (QED) is 0.342. The second kappa shape index (κ2) is 13.7. The van der Waals surface area contributed by atoms with E-state index in [1.54, 1.807) is 0 Å². The minimum atomic E-state index is -0.574. The molecule has 20 heavy (non-hydrogen) atoms. The molecular weight excluding hydrogens is 260 g/mol. The lowest BCUT2D eigenvalue weighted by Gasteiger charge is -2.21. The van der Waals surface area contributed by atoms with Crippen molar-refractivity contribution in [2.24, 2.45) is 17.4 Å². The minimum Gasteiger partial charge on any atom is -0.396 e. The van der Waals surface area contributed by atoms with Crippen LogP contribution in [-0.2, 0) is 0 Å². The van der Waals surface area contributed by atoms with Crippen LogP contribution in [0.3, 0.4) is 0 Å². The summed E-state index contributed by atoms with van der Waals surface area (Å²) in [6.45, 7) is 5.86. The number of hydrogen-bond donors (Lipinski definition) is 6. The van der Waals surface area contributed by atoms with Crippen LogP contribution in [-0.4, -0.2) is 57.9 Å². The Kier molecular flexibility index (Phi) is 15.1. The van der Waals surface area contributed by atoms with Crippen LogP contribution in [0.5, 0.6) is 0 Å². The maximum Gasteiger partial charge on any atom is 0.0713 e. The smallest absolute Gasteiger partial charge is 0.0713 e. The third-order valence-electron chi connectivity index (χ3n) is 3.57. The lowest BCUT2D eigenvalue weighted by molar-refractivity contribution is 0.0518. The van der Waals surface area contributed by atoms with Crippen molar-refractivity contribution in [1.82, 2.24) is 0 Å². The van der Waals surface area contributed by atoms with Crippen LogP contribution >= 0.6 is 0 Å². The molecule has 6 heteroatoms. The molecule has 0 saturated heterocycles. The van der Waals surface area contributed by atoms with Gasteiger partial charge in [-0.05, 0) is 25.2 Å². The number of aliphatic hydroxyl groups is 4. The number of rotatable bonds is 9. The summed E-state index contributed by atoms with van der Waals surface area (Å²) in [5.41, 5.74) is 11.0. The summed E-state index contributed by atoms with van der Waals surface area (Å²) in [6.07, 6.45) is 1.65. The van der Waals surface area contributed by atoms with Gasteiger partial charge in [0.05, 0.1) is 24.9 Å². The molecule has 0 heterocycles. The number of nitrogens with two attached hydrogens (primary N) is 2. The Balaban J connectivity index is 0. The molecule has 0 bridgehead atoms. The maximum absolute atomic E-state index is 9.14. The molecule has 0 aromatic rings. The first kappa shape index (κ1) is 22.0. The SMILES string of the molecule is CCC(CCO)C(N)CO.CCC(O)C(N)C(O)CC. The van der Waals surface area contributed by atoms with Crippen molar-refractivity contribution in [1.29, 1.82) is 0 Å². The van der Waals surface area contributed by atoms with Crippen molar-refractivity contribution in [2.75, 3.05) is 13.2 Å². The summed E-state index contributed by atoms with van der Waals surface area (Å²) < 4.78 is 0. The first-order chi connectivity index (χ1) is 9.39. The summed E-state index contributed by atoms with van der Waals surface area (Å²) in [5.74, 6) is 0.259. The van der Waals surface area contributed by atoms with E-state index in [1.807, 2.05) is 20.8 Å². The second-order valence-electron chi connectivity index (χ2n) is 5.06. The van der Waals surface area contributed by atoms with Gasteiger partial charge in [-0.15, -0.1) is 0 Å². The summed E-state index contributed by atoms with van der Waals surface area (Å²) in [5, 5.41) is 35.5. The molecule has 0 rings (SSSR count). The van der Waals surface area contributed by atoms with Crippen molar-refractivity contribution in [3.05, 3.63) is 0 Å². The molecule has 0 aliphatic rings. The highest BCUT2D eigenvalue weighted by molar-refractivity contribution is 4.77. The molecule has 0 saturated carbocycles. The average molecular weight is 294 g/mol. The van der Waals surface area contributed by atoms with E-state index in [0.29, 0.717) is 19.3 Å². The largest absolute Gasteiger partial charge is 0.396 e. The van der Waals surface area contributed by atoms with Crippen LogP contribution in [0, 0.1) is 5.92 Å². The van der Waals surface area contributed by atoms with Gasteiger partial charge in [-0.1, -0.05) is 27.2 Å². The molecule has 0 aromatic carbocycles. The monoisotopic (exact) mass is 294 g/mol. The maximum atomic E-state index is 9.14. The Morgan fingerprint density at radius 1 is 0.850 bits per heavy atom. The van der Waals surface area contributed by atoms with Gasteiger partial charge in [0.2, 0.25) is 0 Å². The van der Waals surface area contributed by atoms with Crippen molar-refractivity contribution >= 4 is 0 Å². The van der Waals surface area contributed by atoms with Crippen molar-refractivity contribution in [3.63, 3.8) is 0 Å². The van der Waals surface area contributed by atoms with Gasteiger partial charge in [0.25, 0.3) is 0 Å². The molecule has 4 unspecified atom stereocenters. The predicted octanol–water partition coefficient (Wildman–Crippen LogP) is -0.430. The Labute approximate surface area is 122 Å². The molecule has 8 N–H and O–H groups in total. The van der Waals surface area contributed by atoms with E-state index in [-0.39, 0.29) is 25.2 Å². The Bertz CT molecular complexity index is 187. The molecule has 0 amide bonds. The van der Waals surface area contributed by atoms with Gasteiger partial charge in [-0.3, -0.25) is 0 Å². The van der Waals surface area contributed by atoms with Gasteiger partial charge in [0.1, 0.15) is 0 Å². The summed E-state index contributed by atoms with van der Waals surface area (Å²) in [4.78, 5) is 0. The molecule has 0 radical (unpaired) electrons. The molecular formula is C14H34N2O4. The number of aliphatic hydroxyl groups excluding tert-OH is 4. The summed E-state index contributed by atoms with van der Waals surface area (Å²) >= 11 is 0. The Hall–Kier alpha value is -0.240. The van der Waals surface area contributed by atoms with E-state index in [4.69, 9.17) is 31.9 Å². The highest BCUT2D eigenvalue weighted by Gasteiger charge is 2.19. The van der Waals surface area contributed by atoms with E-state index in [0.717, 1.165) is 6.42 Å². The molecule has 0 aliphatic carbocycles. The van der Waals surface area contributed by atoms with Crippen molar-refractivity contribution < 1.29 is 20.4 Å². The van der Waals surface area contributed by atoms with Crippen molar-refractivity contribution in [3.8, 4) is 0 Å². The molecule has 124 valence electrons. The van der Waals surface area contributed by atoms with Crippen LogP contribution in [0.15, 0.2) is 0 Å². The Morgan fingerprint density at radius 2 is 1.30 bits per heavy atom. The average Bonchev–Trinajstić information content (AvgIpc) is 2.49. The number of hydrogen-bond acceptors (Lipinski definition) is 6. The lowest BCUT2D eigenvalue weighted by atomic mass is 9.95. The van der Waals surface area contributed by atoms with E-state index in [1.165, 1.54) is 0 Å². The summed E-state index contributed by atoms with van der Waals surface area (Å²) in [6, 6.07) is -0.660. The van der Waals surface area contributed by atoms with Crippen molar-refractivity contribution in [2.45, 2.75) is 70.7 Å². The zero-order valence-electron chi connectivity index (χ0n) is 13.1. The molecule has 4 atom stereocenters. The highest BCUT2D eigenvalue weighted by Crippen LogP contribution is 2.10. The standard InChI is InChI=1S/2C7H17NO2/c1-3-5(9)7(8)6(10)4-2;1-2-6(3-4-9)7(8)5-10/h5-7,9-10H,3-4,8H2,1-2H3;6-7,9-10H,2-5,8H2,1H3. The first-order valence-corrected chi connectivity index (χ1v) is 7.48. The zero-order valence-corrected chi connectivity index (χ0v) is 13.1. The molecule has 0 fully saturated rings. The topological polar surface area (TPSA) is 133 Å². The van der Waals surface area contributed by atoms with Gasteiger partial charge in [0, 0.05) is 12.6 Å². The van der Waals surface area contributed by atoms with Crippen LogP contribution in [0.25, 0.3) is 0 Å². The predicted molar refractivity (Wildman–Crippen MR) is 81.1 cm³/mol. The highest BCUT2D eigenvalue weighted by atomic mass is 16.3. The third kappa shape index (κ3) is 9.63. The van der Waals surface area contributed by atoms with Crippen LogP contribution in [0.4, 0.5) is 0 Å². The van der Waals surface area contributed by atoms with E-state index < -0.39 is 18.2 Å². The molecule has 0 aliphatic heterocycles. The van der Waals surface area contributed by atoms with Crippen LogP contribution in [0.2, 0.25) is 0 Å². The van der Waals surface area contributed by atoms with E-state index >= 15 is 0 Å². The van der Waals surface area contributed by atoms with Gasteiger partial charge in [-0.2, -0.15) is 0 Å². The molecule has 0 spiro atoms. The van der Waals surface area contributed by atoms with Gasteiger partial charge < -0.3 is 31.9 Å². The second-order valence-corrected chi connectivity index (χ2v) is 5.06. The fraction of sp³-hybridized carbons (Fsp3) is 1.00. The van der Waals surface area contributed by atoms with Gasteiger partial charge in [-0.25, -0.2) is 0 Å². The minimum absolute atomic E-state index is 0.0124.